The van der Waals surface area contributed by atoms with Gasteiger partial charge in [-0.05, 0) is 24.6 Å². The van der Waals surface area contributed by atoms with Gasteiger partial charge in [0.15, 0.2) is 10.6 Å². The van der Waals surface area contributed by atoms with E-state index in [2.05, 4.69) is 4.99 Å². The zero-order valence-corrected chi connectivity index (χ0v) is 14.9. The Balaban J connectivity index is 1.97. The minimum Gasteiger partial charge on any atom is -0.314 e. The monoisotopic (exact) mass is 389 g/mol. The van der Waals surface area contributed by atoms with Crippen molar-refractivity contribution < 1.29 is 18.5 Å². The number of aromatic nitrogens is 1. The topological polar surface area (TPSA) is 77.5 Å². The number of thiazole rings is 1. The van der Waals surface area contributed by atoms with E-state index >= 15 is 0 Å². The molecule has 0 fully saturated rings. The van der Waals surface area contributed by atoms with Crippen molar-refractivity contribution in [2.24, 2.45) is 4.99 Å². The molecule has 0 N–H and O–H groups in total. The van der Waals surface area contributed by atoms with Gasteiger partial charge >= 0.3 is 0 Å². The van der Waals surface area contributed by atoms with Crippen LogP contribution in [-0.2, 0) is 11.3 Å². The maximum Gasteiger partial charge on any atom is 0.272 e. The quantitative estimate of drug-likeness (QED) is 0.384. The van der Waals surface area contributed by atoms with Gasteiger partial charge in [0, 0.05) is 30.8 Å². The molecule has 3 rings (SSSR count). The first-order valence-corrected chi connectivity index (χ1v) is 8.70. The van der Waals surface area contributed by atoms with Crippen molar-refractivity contribution in [3.63, 3.8) is 0 Å². The number of nitrogens with zero attached hydrogens (tertiary/aromatic N) is 3. The summed E-state index contributed by atoms with van der Waals surface area (Å²) in [6.07, 6.45) is 2.57. The molecule has 0 saturated carbocycles. The van der Waals surface area contributed by atoms with Crippen molar-refractivity contribution in [3.05, 3.63) is 74.6 Å². The predicted molar refractivity (Wildman–Crippen MR) is 98.1 cm³/mol. The SMILES string of the molecule is CCn1c(=NC(=O)/C=C/c2cccc([N+](=O)[O-])c2)sc2cc(F)cc(F)c21. The molecule has 1 aromatic heterocycles. The minimum absolute atomic E-state index is 0.0904. The van der Waals surface area contributed by atoms with Gasteiger partial charge in [0.05, 0.1) is 15.1 Å². The Kier molecular flexibility index (Phi) is 5.22. The number of rotatable bonds is 4. The number of fused-ring (bicyclic) bond motifs is 1. The Morgan fingerprint density at radius 3 is 2.81 bits per heavy atom. The zero-order valence-electron chi connectivity index (χ0n) is 14.1. The van der Waals surface area contributed by atoms with Gasteiger partial charge in [0.2, 0.25) is 0 Å². The summed E-state index contributed by atoms with van der Waals surface area (Å²) in [5.41, 5.74) is 0.575. The van der Waals surface area contributed by atoms with Gasteiger partial charge in [0.25, 0.3) is 11.6 Å². The molecular weight excluding hydrogens is 376 g/mol. The second-order valence-corrected chi connectivity index (χ2v) is 6.51. The van der Waals surface area contributed by atoms with E-state index in [1.807, 2.05) is 0 Å². The molecule has 2 aromatic carbocycles. The molecule has 6 nitrogen and oxygen atoms in total. The van der Waals surface area contributed by atoms with Crippen molar-refractivity contribution in [1.82, 2.24) is 4.57 Å². The standard InChI is InChI=1S/C18H13F2N3O3S/c1-2-22-17-14(20)9-12(19)10-15(17)27-18(22)21-16(24)7-6-11-4-3-5-13(8-11)23(25)26/h3-10H,2H2,1H3/b7-6+,21-18?. The van der Waals surface area contributed by atoms with E-state index in [4.69, 9.17) is 0 Å². The molecule has 0 aliphatic carbocycles. The number of nitro benzene ring substituents is 1. The van der Waals surface area contributed by atoms with Crippen LogP contribution in [0.15, 0.2) is 47.5 Å². The van der Waals surface area contributed by atoms with E-state index in [1.165, 1.54) is 41.0 Å². The normalized spacial score (nSPS) is 12.2. The lowest BCUT2D eigenvalue weighted by Crippen LogP contribution is -2.15. The van der Waals surface area contributed by atoms with E-state index < -0.39 is 22.5 Å². The third-order valence-electron chi connectivity index (χ3n) is 3.72. The molecule has 0 saturated heterocycles. The Hall–Kier alpha value is -3.20. The van der Waals surface area contributed by atoms with E-state index in [0.29, 0.717) is 16.8 Å². The Bertz CT molecular complexity index is 1150. The lowest BCUT2D eigenvalue weighted by Gasteiger charge is -2.01. The number of hydrogen-bond acceptors (Lipinski definition) is 4. The average Bonchev–Trinajstić information content (AvgIpc) is 2.97. The summed E-state index contributed by atoms with van der Waals surface area (Å²) in [6, 6.07) is 7.77. The number of carbonyl (C=O) groups excluding carboxylic acids is 1. The van der Waals surface area contributed by atoms with Crippen molar-refractivity contribution in [2.45, 2.75) is 13.5 Å². The summed E-state index contributed by atoms with van der Waals surface area (Å²) < 4.78 is 29.3. The molecule has 0 radical (unpaired) electrons. The molecular formula is C18H13F2N3O3S. The molecule has 0 bridgehead atoms. The van der Waals surface area contributed by atoms with Gasteiger partial charge in [-0.1, -0.05) is 23.5 Å². The molecule has 0 atom stereocenters. The fraction of sp³-hybridized carbons (Fsp3) is 0.111. The van der Waals surface area contributed by atoms with Crippen LogP contribution < -0.4 is 4.80 Å². The first kappa shape index (κ1) is 18.6. The summed E-state index contributed by atoms with van der Waals surface area (Å²) in [5, 5.41) is 10.8. The van der Waals surface area contributed by atoms with Crippen LogP contribution in [0.25, 0.3) is 16.3 Å². The molecule has 1 heterocycles. The number of aryl methyl sites for hydroxylation is 1. The highest BCUT2D eigenvalue weighted by atomic mass is 32.1. The van der Waals surface area contributed by atoms with Crippen LogP contribution in [0.1, 0.15) is 12.5 Å². The molecule has 3 aromatic rings. The number of nitro groups is 1. The average molecular weight is 389 g/mol. The van der Waals surface area contributed by atoms with Crippen molar-refractivity contribution in [3.8, 4) is 0 Å². The van der Waals surface area contributed by atoms with Gasteiger partial charge in [0.1, 0.15) is 5.82 Å². The van der Waals surface area contributed by atoms with Crippen LogP contribution in [-0.4, -0.2) is 15.4 Å². The van der Waals surface area contributed by atoms with Gasteiger partial charge < -0.3 is 4.57 Å². The largest absolute Gasteiger partial charge is 0.314 e. The highest BCUT2D eigenvalue weighted by Gasteiger charge is 2.12. The Labute approximate surface area is 155 Å². The summed E-state index contributed by atoms with van der Waals surface area (Å²) in [5.74, 6) is -2.03. The smallest absolute Gasteiger partial charge is 0.272 e. The summed E-state index contributed by atoms with van der Waals surface area (Å²) in [4.78, 5) is 26.6. The number of hydrogen-bond donors (Lipinski definition) is 0. The molecule has 0 spiro atoms. The van der Waals surface area contributed by atoms with E-state index in [1.54, 1.807) is 13.0 Å². The first-order valence-electron chi connectivity index (χ1n) is 7.88. The third-order valence-corrected chi connectivity index (χ3v) is 4.74. The molecule has 0 aliphatic rings. The lowest BCUT2D eigenvalue weighted by atomic mass is 10.2. The number of benzene rings is 2. The summed E-state index contributed by atoms with van der Waals surface area (Å²) in [7, 11) is 0. The first-order chi connectivity index (χ1) is 12.9. The maximum atomic E-state index is 14.1. The van der Waals surface area contributed by atoms with Gasteiger partial charge in [-0.2, -0.15) is 4.99 Å². The maximum absolute atomic E-state index is 14.1. The molecule has 0 aliphatic heterocycles. The number of non-ortho nitro benzene ring substituents is 1. The number of carbonyl (C=O) groups is 1. The number of halogens is 2. The highest BCUT2D eigenvalue weighted by molar-refractivity contribution is 7.16. The lowest BCUT2D eigenvalue weighted by molar-refractivity contribution is -0.384. The van der Waals surface area contributed by atoms with Crippen LogP contribution in [0.3, 0.4) is 0 Å². The molecule has 1 amide bonds. The number of amides is 1. The summed E-state index contributed by atoms with van der Waals surface area (Å²) in [6.45, 7) is 2.11. The van der Waals surface area contributed by atoms with Crippen molar-refractivity contribution >= 4 is 39.2 Å². The third kappa shape index (κ3) is 3.98. The highest BCUT2D eigenvalue weighted by Crippen LogP contribution is 2.22. The van der Waals surface area contributed by atoms with Crippen LogP contribution >= 0.6 is 11.3 Å². The van der Waals surface area contributed by atoms with E-state index in [-0.39, 0.29) is 16.0 Å². The van der Waals surface area contributed by atoms with Crippen molar-refractivity contribution in [2.75, 3.05) is 0 Å². The summed E-state index contributed by atoms with van der Waals surface area (Å²) >= 11 is 1.01. The molecule has 9 heteroatoms. The van der Waals surface area contributed by atoms with Crippen LogP contribution in [0.5, 0.6) is 0 Å². The second-order valence-electron chi connectivity index (χ2n) is 5.50. The molecule has 27 heavy (non-hydrogen) atoms. The van der Waals surface area contributed by atoms with Gasteiger partial charge in [-0.15, -0.1) is 0 Å². The van der Waals surface area contributed by atoms with Crippen LogP contribution in [0.2, 0.25) is 0 Å². The van der Waals surface area contributed by atoms with Crippen LogP contribution in [0, 0.1) is 21.7 Å². The zero-order chi connectivity index (χ0) is 19.6. The van der Waals surface area contributed by atoms with Crippen molar-refractivity contribution in [1.29, 1.82) is 0 Å². The Morgan fingerprint density at radius 2 is 2.11 bits per heavy atom. The van der Waals surface area contributed by atoms with Crippen LogP contribution in [0.4, 0.5) is 14.5 Å². The predicted octanol–water partition coefficient (Wildman–Crippen LogP) is 4.05. The molecule has 0 unspecified atom stereocenters. The Morgan fingerprint density at radius 1 is 1.33 bits per heavy atom. The fourth-order valence-electron chi connectivity index (χ4n) is 2.55. The minimum atomic E-state index is -0.718. The van der Waals surface area contributed by atoms with Gasteiger partial charge in [-0.25, -0.2) is 8.78 Å². The van der Waals surface area contributed by atoms with Gasteiger partial charge in [-0.3, -0.25) is 14.9 Å². The van der Waals surface area contributed by atoms with E-state index in [0.717, 1.165) is 17.4 Å². The van der Waals surface area contributed by atoms with E-state index in [9.17, 15) is 23.7 Å². The molecule has 138 valence electrons. The second kappa shape index (κ2) is 7.58. The fourth-order valence-corrected chi connectivity index (χ4v) is 3.69.